The van der Waals surface area contributed by atoms with Gasteiger partial charge in [0.05, 0.1) is 18.4 Å². The van der Waals surface area contributed by atoms with Crippen molar-refractivity contribution in [1.29, 1.82) is 0 Å². The van der Waals surface area contributed by atoms with Crippen LogP contribution in [0.1, 0.15) is 36.5 Å². The number of esters is 1. The first-order valence-electron chi connectivity index (χ1n) is 13.2. The molecule has 2 unspecified atom stereocenters. The number of carbonyl (C=O) groups excluding carboxylic acids is 2. The minimum absolute atomic E-state index is 0.0368. The molecule has 1 amide bonds. The summed E-state index contributed by atoms with van der Waals surface area (Å²) in [5.74, 6) is -0.0556. The molecule has 216 valence electrons. The molecule has 0 saturated heterocycles. The summed E-state index contributed by atoms with van der Waals surface area (Å²) in [7, 11) is -2.89. The maximum atomic E-state index is 13.5. The van der Waals surface area contributed by atoms with Gasteiger partial charge in [-0.25, -0.2) is 13.1 Å². The molecule has 0 saturated carbocycles. The average Bonchev–Trinajstić information content (AvgIpc) is 3.48. The Balaban J connectivity index is 1.38. The third-order valence-electron chi connectivity index (χ3n) is 6.85. The van der Waals surface area contributed by atoms with Crippen LogP contribution >= 0.6 is 0 Å². The maximum Gasteiger partial charge on any atom is 0.306 e. The number of hydrogen-bond donors (Lipinski definition) is 1. The predicted octanol–water partition coefficient (Wildman–Crippen LogP) is 5.37. The molecule has 1 heterocycles. The number of fused-ring (bicyclic) bond motifs is 1. The van der Waals surface area contributed by atoms with Crippen molar-refractivity contribution in [3.8, 4) is 28.4 Å². The van der Waals surface area contributed by atoms with Gasteiger partial charge in [0.25, 0.3) is 15.9 Å². The van der Waals surface area contributed by atoms with Gasteiger partial charge >= 0.3 is 5.97 Å². The summed E-state index contributed by atoms with van der Waals surface area (Å²) < 4.78 is 50.2. The third-order valence-corrected chi connectivity index (χ3v) is 8.21. The fraction of sp³-hybridized carbons (Fsp3) is 0.188. The van der Waals surface area contributed by atoms with Crippen molar-refractivity contribution < 1.29 is 37.0 Å². The van der Waals surface area contributed by atoms with Gasteiger partial charge in [0.2, 0.25) is 12.9 Å². The van der Waals surface area contributed by atoms with Gasteiger partial charge in [-0.1, -0.05) is 67.6 Å². The van der Waals surface area contributed by atoms with E-state index in [2.05, 4.69) is 4.72 Å². The molecule has 10 heteroatoms. The van der Waals surface area contributed by atoms with Gasteiger partial charge in [-0.2, -0.15) is 0 Å². The molecule has 4 aromatic carbocycles. The van der Waals surface area contributed by atoms with Crippen LogP contribution < -0.4 is 18.9 Å². The van der Waals surface area contributed by atoms with Gasteiger partial charge in [-0.15, -0.1) is 0 Å². The first-order chi connectivity index (χ1) is 20.2. The van der Waals surface area contributed by atoms with Crippen molar-refractivity contribution in [3.05, 3.63) is 108 Å². The van der Waals surface area contributed by atoms with Crippen molar-refractivity contribution in [1.82, 2.24) is 4.72 Å². The molecular formula is C32H29NO8S. The number of rotatable bonds is 10. The number of nitrogens with one attached hydrogen (secondary N) is 1. The summed E-state index contributed by atoms with van der Waals surface area (Å²) in [6.45, 7) is 1.93. The molecule has 42 heavy (non-hydrogen) atoms. The van der Waals surface area contributed by atoms with Crippen LogP contribution in [-0.2, 0) is 24.3 Å². The van der Waals surface area contributed by atoms with E-state index in [0.717, 1.165) is 16.7 Å². The van der Waals surface area contributed by atoms with Crippen LogP contribution in [-0.4, -0.2) is 34.2 Å². The van der Waals surface area contributed by atoms with Crippen LogP contribution in [0.2, 0.25) is 0 Å². The van der Waals surface area contributed by atoms with E-state index in [1.165, 1.54) is 19.2 Å². The van der Waals surface area contributed by atoms with Gasteiger partial charge in [0.1, 0.15) is 5.75 Å². The summed E-state index contributed by atoms with van der Waals surface area (Å²) >= 11 is 0. The quantitative estimate of drug-likeness (QED) is 0.246. The van der Waals surface area contributed by atoms with Crippen LogP contribution in [0.25, 0.3) is 11.1 Å². The van der Waals surface area contributed by atoms with Crippen molar-refractivity contribution in [3.63, 3.8) is 0 Å². The van der Waals surface area contributed by atoms with E-state index in [-0.39, 0.29) is 30.0 Å². The Labute approximate surface area is 244 Å². The zero-order chi connectivity index (χ0) is 29.7. The topological polar surface area (TPSA) is 117 Å². The molecule has 0 aromatic heterocycles. The number of hydrogen-bond acceptors (Lipinski definition) is 8. The molecule has 5 rings (SSSR count). The lowest BCUT2D eigenvalue weighted by Crippen LogP contribution is -2.36. The van der Waals surface area contributed by atoms with Crippen molar-refractivity contribution in [2.75, 3.05) is 13.9 Å². The van der Waals surface area contributed by atoms with Crippen LogP contribution in [0.15, 0.2) is 102 Å². The van der Waals surface area contributed by atoms with Crippen molar-refractivity contribution in [2.24, 2.45) is 0 Å². The zero-order valence-electron chi connectivity index (χ0n) is 23.0. The summed E-state index contributed by atoms with van der Waals surface area (Å²) in [4.78, 5) is 25.1. The van der Waals surface area contributed by atoms with E-state index in [0.29, 0.717) is 22.8 Å². The van der Waals surface area contributed by atoms with Gasteiger partial charge in [-0.05, 0) is 59.0 Å². The standard InChI is InChI=1S/C32H29NO8S/c1-21(18-30(34)38-2)22-8-13-26(14-9-22)41-31(25-12-17-28-29(19-25)40-20-39-28)32(35)33-42(36,37)27-15-10-24(11-16-27)23-6-4-3-5-7-23/h3-17,19,21,31H,18,20H2,1-2H3,(H,33,35). The molecule has 1 N–H and O–H groups in total. The summed E-state index contributed by atoms with van der Waals surface area (Å²) in [5.41, 5.74) is 3.02. The molecule has 9 nitrogen and oxygen atoms in total. The second kappa shape index (κ2) is 12.4. The SMILES string of the molecule is COC(=O)CC(C)c1ccc(OC(C(=O)NS(=O)(=O)c2ccc(-c3ccccc3)cc2)c2ccc3c(c2)OCO3)cc1. The monoisotopic (exact) mass is 587 g/mol. The van der Waals surface area contributed by atoms with Gasteiger partial charge < -0.3 is 18.9 Å². The number of benzene rings is 4. The number of amides is 1. The number of methoxy groups -OCH3 is 1. The molecule has 2 atom stereocenters. The van der Waals surface area contributed by atoms with Gasteiger partial charge in [0.15, 0.2) is 11.5 Å². The fourth-order valence-electron chi connectivity index (χ4n) is 4.51. The van der Waals surface area contributed by atoms with E-state index in [4.69, 9.17) is 18.9 Å². The highest BCUT2D eigenvalue weighted by Crippen LogP contribution is 2.36. The Bertz CT molecular complexity index is 1670. The number of ether oxygens (including phenoxy) is 4. The van der Waals surface area contributed by atoms with Crippen LogP contribution in [0.5, 0.6) is 17.2 Å². The highest BCUT2D eigenvalue weighted by atomic mass is 32.2. The van der Waals surface area contributed by atoms with E-state index in [9.17, 15) is 18.0 Å². The maximum absolute atomic E-state index is 13.5. The average molecular weight is 588 g/mol. The molecule has 1 aliphatic rings. The smallest absolute Gasteiger partial charge is 0.306 e. The van der Waals surface area contributed by atoms with Gasteiger partial charge in [0, 0.05) is 5.56 Å². The van der Waals surface area contributed by atoms with Crippen LogP contribution in [0.3, 0.4) is 0 Å². The van der Waals surface area contributed by atoms with E-state index in [1.54, 1.807) is 54.6 Å². The number of carbonyl (C=O) groups is 2. The lowest BCUT2D eigenvalue weighted by atomic mass is 9.98. The first kappa shape index (κ1) is 28.7. The fourth-order valence-corrected chi connectivity index (χ4v) is 5.50. The summed E-state index contributed by atoms with van der Waals surface area (Å²) in [6, 6.07) is 27.5. The highest BCUT2D eigenvalue weighted by molar-refractivity contribution is 7.90. The Morgan fingerprint density at radius 3 is 2.17 bits per heavy atom. The van der Waals surface area contributed by atoms with Crippen molar-refractivity contribution in [2.45, 2.75) is 30.3 Å². The highest BCUT2D eigenvalue weighted by Gasteiger charge is 2.30. The molecular weight excluding hydrogens is 558 g/mol. The van der Waals surface area contributed by atoms with Gasteiger partial charge in [-0.3, -0.25) is 9.59 Å². The molecule has 0 radical (unpaired) electrons. The van der Waals surface area contributed by atoms with Crippen molar-refractivity contribution >= 4 is 21.9 Å². The lowest BCUT2D eigenvalue weighted by Gasteiger charge is -2.20. The summed E-state index contributed by atoms with van der Waals surface area (Å²) in [6.07, 6.45) is -1.13. The normalized spacial score (nSPS) is 13.6. The Kier molecular flexibility index (Phi) is 8.44. The van der Waals surface area contributed by atoms with E-state index >= 15 is 0 Å². The largest absolute Gasteiger partial charge is 0.476 e. The number of sulfonamides is 1. The van der Waals surface area contributed by atoms with Crippen LogP contribution in [0, 0.1) is 0 Å². The second-order valence-electron chi connectivity index (χ2n) is 9.72. The molecule has 4 aromatic rings. The molecule has 0 fully saturated rings. The second-order valence-corrected chi connectivity index (χ2v) is 11.4. The summed E-state index contributed by atoms with van der Waals surface area (Å²) in [5, 5.41) is 0. The lowest BCUT2D eigenvalue weighted by molar-refractivity contribution is -0.141. The molecule has 0 bridgehead atoms. The Morgan fingerprint density at radius 2 is 1.48 bits per heavy atom. The Morgan fingerprint density at radius 1 is 0.833 bits per heavy atom. The Hall–Kier alpha value is -4.83. The van der Waals surface area contributed by atoms with Crippen LogP contribution in [0.4, 0.5) is 0 Å². The third kappa shape index (κ3) is 6.55. The zero-order valence-corrected chi connectivity index (χ0v) is 23.8. The van der Waals surface area contributed by atoms with E-state index in [1.807, 2.05) is 37.3 Å². The minimum atomic E-state index is -4.23. The minimum Gasteiger partial charge on any atom is -0.476 e. The molecule has 1 aliphatic heterocycles. The first-order valence-corrected chi connectivity index (χ1v) is 14.7. The molecule has 0 aliphatic carbocycles. The molecule has 0 spiro atoms. The predicted molar refractivity (Wildman–Crippen MR) is 155 cm³/mol. The van der Waals surface area contributed by atoms with E-state index < -0.39 is 22.0 Å².